The fraction of sp³-hybridized carbons (Fsp3) is 0.647. The van der Waals surface area contributed by atoms with Crippen LogP contribution in [0.1, 0.15) is 36.1 Å². The molecule has 0 heterocycles. The molecule has 0 radical (unpaired) electrons. The lowest BCUT2D eigenvalue weighted by atomic mass is 9.99. The van der Waals surface area contributed by atoms with Gasteiger partial charge in [-0.25, -0.2) is 0 Å². The Morgan fingerprint density at radius 1 is 1.00 bits per heavy atom. The van der Waals surface area contributed by atoms with Crippen molar-refractivity contribution >= 4 is 0 Å². The smallest absolute Gasteiger partial charge is 0.0558 e. The average Bonchev–Trinajstić information content (AvgIpc) is 2.42. The number of aliphatic hydroxyl groups excluding tert-OH is 2. The van der Waals surface area contributed by atoms with Gasteiger partial charge in [-0.2, -0.15) is 0 Å². The van der Waals surface area contributed by atoms with E-state index in [1.54, 1.807) is 0 Å². The first-order valence-corrected chi connectivity index (χ1v) is 7.86. The standard InChI is InChI=1S/C17H30N2O2/c1-4-18-17(5-6-19(7-9-20)8-10-21)16-12-14(2)11-15(3)13-16/h11-13,17-18,20-21H,4-10H2,1-3H3. The van der Waals surface area contributed by atoms with E-state index in [1.165, 1.54) is 16.7 Å². The number of aryl methyl sites for hydroxylation is 2. The third-order valence-corrected chi connectivity index (χ3v) is 3.66. The number of benzene rings is 1. The van der Waals surface area contributed by atoms with Crippen molar-refractivity contribution in [3.63, 3.8) is 0 Å². The summed E-state index contributed by atoms with van der Waals surface area (Å²) in [6, 6.07) is 6.98. The van der Waals surface area contributed by atoms with Crippen molar-refractivity contribution in [3.8, 4) is 0 Å². The molecule has 0 spiro atoms. The highest BCUT2D eigenvalue weighted by Gasteiger charge is 2.13. The maximum Gasteiger partial charge on any atom is 0.0558 e. The summed E-state index contributed by atoms with van der Waals surface area (Å²) in [4.78, 5) is 2.10. The molecule has 0 bridgehead atoms. The number of rotatable bonds is 10. The van der Waals surface area contributed by atoms with E-state index in [0.29, 0.717) is 19.1 Å². The van der Waals surface area contributed by atoms with Crippen LogP contribution in [0.2, 0.25) is 0 Å². The quantitative estimate of drug-likeness (QED) is 0.614. The molecular weight excluding hydrogens is 264 g/mol. The lowest BCUT2D eigenvalue weighted by Gasteiger charge is -2.25. The first kappa shape index (κ1) is 18.1. The van der Waals surface area contributed by atoms with Gasteiger partial charge < -0.3 is 15.5 Å². The third-order valence-electron chi connectivity index (χ3n) is 3.66. The maximum absolute atomic E-state index is 9.08. The largest absolute Gasteiger partial charge is 0.395 e. The molecule has 0 aliphatic heterocycles. The van der Waals surface area contributed by atoms with E-state index in [-0.39, 0.29) is 13.2 Å². The van der Waals surface area contributed by atoms with Crippen LogP contribution in [-0.2, 0) is 0 Å². The summed E-state index contributed by atoms with van der Waals surface area (Å²) in [7, 11) is 0. The van der Waals surface area contributed by atoms with Gasteiger partial charge in [-0.3, -0.25) is 4.90 Å². The van der Waals surface area contributed by atoms with Gasteiger partial charge in [0.05, 0.1) is 13.2 Å². The van der Waals surface area contributed by atoms with Crippen LogP contribution in [0.4, 0.5) is 0 Å². The maximum atomic E-state index is 9.08. The van der Waals surface area contributed by atoms with Gasteiger partial charge in [-0.05, 0) is 32.4 Å². The van der Waals surface area contributed by atoms with Crippen molar-refractivity contribution in [1.29, 1.82) is 0 Å². The molecule has 21 heavy (non-hydrogen) atoms. The summed E-state index contributed by atoms with van der Waals surface area (Å²) in [5.41, 5.74) is 3.90. The lowest BCUT2D eigenvalue weighted by Crippen LogP contribution is -2.33. The van der Waals surface area contributed by atoms with Gasteiger partial charge in [0.15, 0.2) is 0 Å². The van der Waals surface area contributed by atoms with Crippen LogP contribution in [0.3, 0.4) is 0 Å². The SMILES string of the molecule is CCNC(CCN(CCO)CCO)c1cc(C)cc(C)c1. The van der Waals surface area contributed by atoms with Crippen LogP contribution >= 0.6 is 0 Å². The Hall–Kier alpha value is -0.940. The first-order valence-electron chi connectivity index (χ1n) is 7.86. The molecular formula is C17H30N2O2. The molecule has 0 saturated heterocycles. The molecule has 120 valence electrons. The number of nitrogens with zero attached hydrogens (tertiary/aromatic N) is 1. The summed E-state index contributed by atoms with van der Waals surface area (Å²) in [5.74, 6) is 0. The molecule has 1 rings (SSSR count). The van der Waals surface area contributed by atoms with Gasteiger partial charge in [-0.1, -0.05) is 36.2 Å². The van der Waals surface area contributed by atoms with Crippen LogP contribution in [0, 0.1) is 13.8 Å². The Kier molecular flexibility index (Phi) is 8.54. The summed E-state index contributed by atoms with van der Waals surface area (Å²) in [6.07, 6.45) is 0.969. The van der Waals surface area contributed by atoms with E-state index in [4.69, 9.17) is 10.2 Å². The molecule has 1 aromatic rings. The van der Waals surface area contributed by atoms with Crippen LogP contribution < -0.4 is 5.32 Å². The van der Waals surface area contributed by atoms with Crippen molar-refractivity contribution in [3.05, 3.63) is 34.9 Å². The highest BCUT2D eigenvalue weighted by Crippen LogP contribution is 2.20. The van der Waals surface area contributed by atoms with Gasteiger partial charge in [0, 0.05) is 25.7 Å². The molecule has 1 aromatic carbocycles. The van der Waals surface area contributed by atoms with Crippen LogP contribution in [0.25, 0.3) is 0 Å². The normalized spacial score (nSPS) is 12.9. The Bertz CT molecular complexity index is 384. The van der Waals surface area contributed by atoms with Gasteiger partial charge in [0.1, 0.15) is 0 Å². The molecule has 1 atom stereocenters. The fourth-order valence-electron chi connectivity index (χ4n) is 2.77. The topological polar surface area (TPSA) is 55.7 Å². The third kappa shape index (κ3) is 6.57. The summed E-state index contributed by atoms with van der Waals surface area (Å²) < 4.78 is 0. The summed E-state index contributed by atoms with van der Waals surface area (Å²) >= 11 is 0. The fourth-order valence-corrected chi connectivity index (χ4v) is 2.77. The molecule has 0 fully saturated rings. The molecule has 0 amide bonds. The zero-order chi connectivity index (χ0) is 15.7. The van der Waals surface area contributed by atoms with E-state index in [1.807, 2.05) is 0 Å². The van der Waals surface area contributed by atoms with Crippen molar-refractivity contribution in [2.24, 2.45) is 0 Å². The molecule has 4 heteroatoms. The predicted octanol–water partition coefficient (Wildman–Crippen LogP) is 1.63. The molecule has 0 saturated carbocycles. The second-order valence-electron chi connectivity index (χ2n) is 5.61. The Balaban J connectivity index is 2.72. The molecule has 0 aromatic heterocycles. The van der Waals surface area contributed by atoms with E-state index >= 15 is 0 Å². The minimum Gasteiger partial charge on any atom is -0.395 e. The van der Waals surface area contributed by atoms with Crippen molar-refractivity contribution in [2.45, 2.75) is 33.2 Å². The number of aliphatic hydroxyl groups is 2. The summed E-state index contributed by atoms with van der Waals surface area (Å²) in [5, 5.41) is 21.7. The van der Waals surface area contributed by atoms with Crippen LogP contribution in [0.5, 0.6) is 0 Å². The Labute approximate surface area is 128 Å². The van der Waals surface area contributed by atoms with Crippen molar-refractivity contribution in [1.82, 2.24) is 10.2 Å². The number of hydrogen-bond acceptors (Lipinski definition) is 4. The second kappa shape index (κ2) is 9.90. The highest BCUT2D eigenvalue weighted by molar-refractivity contribution is 5.30. The van der Waals surface area contributed by atoms with E-state index in [9.17, 15) is 0 Å². The second-order valence-corrected chi connectivity index (χ2v) is 5.61. The van der Waals surface area contributed by atoms with E-state index in [2.05, 4.69) is 49.2 Å². The van der Waals surface area contributed by atoms with Gasteiger partial charge in [-0.15, -0.1) is 0 Å². The zero-order valence-electron chi connectivity index (χ0n) is 13.6. The minimum absolute atomic E-state index is 0.134. The number of nitrogens with one attached hydrogen (secondary N) is 1. The van der Waals surface area contributed by atoms with Crippen LogP contribution in [0.15, 0.2) is 18.2 Å². The van der Waals surface area contributed by atoms with Gasteiger partial charge >= 0.3 is 0 Å². The first-order chi connectivity index (χ1) is 10.1. The number of hydrogen-bond donors (Lipinski definition) is 3. The van der Waals surface area contributed by atoms with E-state index in [0.717, 1.165) is 19.5 Å². The Morgan fingerprint density at radius 2 is 1.57 bits per heavy atom. The Morgan fingerprint density at radius 3 is 2.05 bits per heavy atom. The summed E-state index contributed by atoms with van der Waals surface area (Å²) in [6.45, 7) is 9.67. The van der Waals surface area contributed by atoms with E-state index < -0.39 is 0 Å². The molecule has 4 nitrogen and oxygen atoms in total. The molecule has 1 unspecified atom stereocenters. The molecule has 0 aliphatic rings. The van der Waals surface area contributed by atoms with Crippen LogP contribution in [-0.4, -0.2) is 54.5 Å². The average molecular weight is 294 g/mol. The van der Waals surface area contributed by atoms with Gasteiger partial charge in [0.2, 0.25) is 0 Å². The highest BCUT2D eigenvalue weighted by atomic mass is 16.3. The van der Waals surface area contributed by atoms with Crippen molar-refractivity contribution in [2.75, 3.05) is 39.4 Å². The lowest BCUT2D eigenvalue weighted by molar-refractivity contribution is 0.156. The molecule has 0 aliphatic carbocycles. The molecule has 3 N–H and O–H groups in total. The van der Waals surface area contributed by atoms with Crippen molar-refractivity contribution < 1.29 is 10.2 Å². The van der Waals surface area contributed by atoms with Gasteiger partial charge in [0.25, 0.3) is 0 Å². The monoisotopic (exact) mass is 294 g/mol. The predicted molar refractivity (Wildman–Crippen MR) is 87.6 cm³/mol. The minimum atomic E-state index is 0.134. The zero-order valence-corrected chi connectivity index (χ0v) is 13.6.